The van der Waals surface area contributed by atoms with Gasteiger partial charge < -0.3 is 10.2 Å². The molecule has 6 heteroatoms. The maximum atomic E-state index is 12.9. The number of nitrogens with one attached hydrogen (secondary N) is 1. The monoisotopic (exact) mass is 412 g/mol. The largest absolute Gasteiger partial charge is 0.332 e. The zero-order valence-corrected chi connectivity index (χ0v) is 17.8. The minimum Gasteiger partial charge on any atom is -0.332 e. The molecule has 0 unspecified atom stereocenters. The first-order chi connectivity index (χ1) is 14.9. The molecule has 0 aliphatic heterocycles. The number of carbonyl (C=O) groups is 2. The third kappa shape index (κ3) is 4.33. The SMILES string of the molecule is Cc1ccc(NC(=O)CN(C)C(=O)c2ccc3c(c2)nc(C)n3-c2ccccc2)cc1. The number of likely N-dealkylation sites (N-methyl/N-ethyl adjacent to an activating group) is 1. The minimum absolute atomic E-state index is 0.0395. The number of fused-ring (bicyclic) bond motifs is 1. The molecule has 1 N–H and O–H groups in total. The van der Waals surface area contributed by atoms with Gasteiger partial charge in [-0.25, -0.2) is 4.98 Å². The fourth-order valence-electron chi connectivity index (χ4n) is 3.58. The van der Waals surface area contributed by atoms with Gasteiger partial charge in [-0.1, -0.05) is 35.9 Å². The van der Waals surface area contributed by atoms with E-state index in [1.807, 2.05) is 74.5 Å². The highest BCUT2D eigenvalue weighted by atomic mass is 16.2. The van der Waals surface area contributed by atoms with Gasteiger partial charge in [0.25, 0.3) is 5.91 Å². The number of anilines is 1. The predicted octanol–water partition coefficient (Wildman–Crippen LogP) is 4.35. The number of benzene rings is 3. The molecule has 2 amide bonds. The molecule has 0 radical (unpaired) electrons. The van der Waals surface area contributed by atoms with Gasteiger partial charge in [0.05, 0.1) is 17.6 Å². The van der Waals surface area contributed by atoms with E-state index in [2.05, 4.69) is 14.9 Å². The summed E-state index contributed by atoms with van der Waals surface area (Å²) >= 11 is 0. The van der Waals surface area contributed by atoms with E-state index in [1.165, 1.54) is 4.90 Å². The van der Waals surface area contributed by atoms with E-state index in [0.717, 1.165) is 28.1 Å². The quantitative estimate of drug-likeness (QED) is 0.530. The van der Waals surface area contributed by atoms with Gasteiger partial charge in [-0.15, -0.1) is 0 Å². The van der Waals surface area contributed by atoms with Crippen LogP contribution < -0.4 is 5.32 Å². The Morgan fingerprint density at radius 2 is 1.68 bits per heavy atom. The molecule has 0 saturated carbocycles. The summed E-state index contributed by atoms with van der Waals surface area (Å²) < 4.78 is 2.06. The number of hydrogen-bond donors (Lipinski definition) is 1. The van der Waals surface area contributed by atoms with Crippen molar-refractivity contribution in [3.8, 4) is 5.69 Å². The Bertz CT molecular complexity index is 1240. The molecule has 0 atom stereocenters. The van der Waals surface area contributed by atoms with Crippen molar-refractivity contribution in [3.63, 3.8) is 0 Å². The molecule has 1 heterocycles. The second kappa shape index (κ2) is 8.44. The van der Waals surface area contributed by atoms with Crippen molar-refractivity contribution in [1.82, 2.24) is 14.5 Å². The van der Waals surface area contributed by atoms with Crippen molar-refractivity contribution < 1.29 is 9.59 Å². The molecule has 0 saturated heterocycles. The van der Waals surface area contributed by atoms with Crippen LogP contribution in [0.4, 0.5) is 5.69 Å². The van der Waals surface area contributed by atoms with E-state index in [4.69, 9.17) is 0 Å². The molecule has 0 spiro atoms. The third-order valence-corrected chi connectivity index (χ3v) is 5.15. The van der Waals surface area contributed by atoms with Gasteiger partial charge in [-0.05, 0) is 56.3 Å². The van der Waals surface area contributed by atoms with Gasteiger partial charge in [-0.3, -0.25) is 14.2 Å². The summed E-state index contributed by atoms with van der Waals surface area (Å²) in [4.78, 5) is 31.3. The lowest BCUT2D eigenvalue weighted by atomic mass is 10.1. The molecule has 156 valence electrons. The fraction of sp³-hybridized carbons (Fsp3) is 0.160. The maximum absolute atomic E-state index is 12.9. The number of amides is 2. The molecule has 0 aliphatic carbocycles. The van der Waals surface area contributed by atoms with Gasteiger partial charge >= 0.3 is 0 Å². The topological polar surface area (TPSA) is 67.2 Å². The van der Waals surface area contributed by atoms with Crippen molar-refractivity contribution in [2.24, 2.45) is 0 Å². The summed E-state index contributed by atoms with van der Waals surface area (Å²) in [5.41, 5.74) is 5.01. The second-order valence-corrected chi connectivity index (χ2v) is 7.61. The van der Waals surface area contributed by atoms with Crippen molar-refractivity contribution >= 4 is 28.5 Å². The molecule has 31 heavy (non-hydrogen) atoms. The summed E-state index contributed by atoms with van der Waals surface area (Å²) in [6, 6.07) is 23.0. The van der Waals surface area contributed by atoms with E-state index < -0.39 is 0 Å². The summed E-state index contributed by atoms with van der Waals surface area (Å²) in [5, 5.41) is 2.82. The zero-order chi connectivity index (χ0) is 22.0. The summed E-state index contributed by atoms with van der Waals surface area (Å²) in [5.74, 6) is 0.370. The molecule has 4 rings (SSSR count). The van der Waals surface area contributed by atoms with Crippen LogP contribution in [-0.2, 0) is 4.79 Å². The Morgan fingerprint density at radius 1 is 0.968 bits per heavy atom. The lowest BCUT2D eigenvalue weighted by Gasteiger charge is -2.17. The number of aromatic nitrogens is 2. The normalized spacial score (nSPS) is 10.8. The highest BCUT2D eigenvalue weighted by Gasteiger charge is 2.17. The minimum atomic E-state index is -0.245. The number of rotatable bonds is 5. The number of carbonyl (C=O) groups excluding carboxylic acids is 2. The molecular formula is C25H24N4O2. The van der Waals surface area contributed by atoms with Crippen LogP contribution in [0.25, 0.3) is 16.7 Å². The highest BCUT2D eigenvalue weighted by molar-refractivity contribution is 6.01. The summed E-state index contributed by atoms with van der Waals surface area (Å²) in [6.07, 6.45) is 0. The molecule has 0 fully saturated rings. The van der Waals surface area contributed by atoms with E-state index in [9.17, 15) is 9.59 Å². The van der Waals surface area contributed by atoms with Crippen LogP contribution in [0.5, 0.6) is 0 Å². The van der Waals surface area contributed by atoms with Gasteiger partial charge in [0.15, 0.2) is 0 Å². The number of para-hydroxylation sites is 1. The fourth-order valence-corrected chi connectivity index (χ4v) is 3.58. The Balaban J connectivity index is 1.51. The Labute approximate surface area is 181 Å². The molecule has 1 aromatic heterocycles. The van der Waals surface area contributed by atoms with Crippen LogP contribution in [0.15, 0.2) is 72.8 Å². The molecule has 6 nitrogen and oxygen atoms in total. The number of nitrogens with zero attached hydrogens (tertiary/aromatic N) is 3. The van der Waals surface area contributed by atoms with Crippen LogP contribution in [0.2, 0.25) is 0 Å². The average Bonchev–Trinajstić information content (AvgIpc) is 3.10. The molecular weight excluding hydrogens is 388 g/mol. The van der Waals surface area contributed by atoms with Gasteiger partial charge in [0, 0.05) is 24.0 Å². The Morgan fingerprint density at radius 3 is 2.39 bits per heavy atom. The standard InChI is InChI=1S/C25H24N4O2/c1-17-9-12-20(13-10-17)27-24(30)16-28(3)25(31)19-11-14-23-22(15-19)26-18(2)29(23)21-7-5-4-6-8-21/h4-15H,16H2,1-3H3,(H,27,30). The van der Waals surface area contributed by atoms with Crippen LogP contribution >= 0.6 is 0 Å². The van der Waals surface area contributed by atoms with E-state index in [0.29, 0.717) is 11.3 Å². The number of hydrogen-bond acceptors (Lipinski definition) is 3. The zero-order valence-electron chi connectivity index (χ0n) is 17.8. The van der Waals surface area contributed by atoms with Crippen LogP contribution in [-0.4, -0.2) is 39.9 Å². The highest BCUT2D eigenvalue weighted by Crippen LogP contribution is 2.22. The van der Waals surface area contributed by atoms with Crippen molar-refractivity contribution in [2.75, 3.05) is 18.9 Å². The lowest BCUT2D eigenvalue weighted by Crippen LogP contribution is -2.34. The molecule has 3 aromatic carbocycles. The second-order valence-electron chi connectivity index (χ2n) is 7.61. The van der Waals surface area contributed by atoms with Crippen molar-refractivity contribution in [3.05, 3.63) is 89.7 Å². The van der Waals surface area contributed by atoms with Crippen molar-refractivity contribution in [1.29, 1.82) is 0 Å². The number of imidazole rings is 1. The first kappa shape index (κ1) is 20.3. The van der Waals surface area contributed by atoms with Crippen LogP contribution in [0.3, 0.4) is 0 Å². The predicted molar refractivity (Wildman–Crippen MR) is 123 cm³/mol. The van der Waals surface area contributed by atoms with E-state index in [-0.39, 0.29) is 18.4 Å². The first-order valence-electron chi connectivity index (χ1n) is 10.1. The third-order valence-electron chi connectivity index (χ3n) is 5.15. The Kier molecular flexibility index (Phi) is 5.54. The van der Waals surface area contributed by atoms with Crippen molar-refractivity contribution in [2.45, 2.75) is 13.8 Å². The molecule has 0 aliphatic rings. The lowest BCUT2D eigenvalue weighted by molar-refractivity contribution is -0.116. The molecule has 0 bridgehead atoms. The van der Waals surface area contributed by atoms with E-state index in [1.54, 1.807) is 19.2 Å². The smallest absolute Gasteiger partial charge is 0.254 e. The summed E-state index contributed by atoms with van der Waals surface area (Å²) in [6.45, 7) is 3.89. The summed E-state index contributed by atoms with van der Waals surface area (Å²) in [7, 11) is 1.62. The number of aryl methyl sites for hydroxylation is 2. The van der Waals surface area contributed by atoms with Gasteiger partial charge in [-0.2, -0.15) is 0 Å². The first-order valence-corrected chi connectivity index (χ1v) is 10.1. The van der Waals surface area contributed by atoms with Crippen LogP contribution in [0.1, 0.15) is 21.7 Å². The van der Waals surface area contributed by atoms with Gasteiger partial charge in [0.1, 0.15) is 5.82 Å². The van der Waals surface area contributed by atoms with Gasteiger partial charge in [0.2, 0.25) is 5.91 Å². The van der Waals surface area contributed by atoms with E-state index >= 15 is 0 Å². The Hall–Kier alpha value is -3.93. The maximum Gasteiger partial charge on any atom is 0.254 e. The van der Waals surface area contributed by atoms with Crippen LogP contribution in [0, 0.1) is 13.8 Å². The average molecular weight is 412 g/mol. The molecule has 4 aromatic rings.